The number of Topliss-reactive ketones (excluding diaryl/α,β-unsaturated/α-hetero) is 1. The highest BCUT2D eigenvalue weighted by molar-refractivity contribution is 5.85. The molecule has 1 aromatic carbocycles. The zero-order valence-electron chi connectivity index (χ0n) is 16.9. The topological polar surface area (TPSA) is 92.7 Å². The van der Waals surface area contributed by atoms with E-state index in [1.54, 1.807) is 18.6 Å². The minimum absolute atomic E-state index is 0.119. The van der Waals surface area contributed by atoms with Gasteiger partial charge in [-0.1, -0.05) is 12.1 Å². The van der Waals surface area contributed by atoms with E-state index in [9.17, 15) is 4.79 Å². The molecule has 3 heterocycles. The normalized spacial score (nSPS) is 15.0. The number of carbonyl (C=O) groups excluding carboxylic acids is 1. The number of aromatic nitrogens is 4. The molecule has 1 saturated heterocycles. The molecule has 7 heteroatoms. The molecule has 0 spiro atoms. The number of anilines is 1. The molecule has 7 nitrogen and oxygen atoms in total. The molecule has 0 amide bonds. The lowest BCUT2D eigenvalue weighted by Gasteiger charge is -2.21. The molecule has 1 aliphatic heterocycles. The molecule has 29 heavy (non-hydrogen) atoms. The van der Waals surface area contributed by atoms with Crippen LogP contribution in [-0.2, 0) is 11.2 Å². The monoisotopic (exact) mass is 390 g/mol. The van der Waals surface area contributed by atoms with Crippen LogP contribution in [0.4, 0.5) is 5.82 Å². The van der Waals surface area contributed by atoms with Gasteiger partial charge < -0.3 is 10.6 Å². The number of hydrogen-bond acceptors (Lipinski definition) is 7. The average Bonchev–Trinajstić information content (AvgIpc) is 2.73. The third-order valence-corrected chi connectivity index (χ3v) is 5.13. The van der Waals surface area contributed by atoms with Crippen LogP contribution in [0.15, 0.2) is 36.8 Å². The molecule has 2 N–H and O–H groups in total. The molecule has 1 fully saturated rings. The van der Waals surface area contributed by atoms with Crippen LogP contribution in [0.3, 0.4) is 0 Å². The smallest absolute Gasteiger partial charge is 0.145 e. The highest BCUT2D eigenvalue weighted by Gasteiger charge is 2.21. The second-order valence-corrected chi connectivity index (χ2v) is 7.82. The fourth-order valence-corrected chi connectivity index (χ4v) is 3.62. The summed E-state index contributed by atoms with van der Waals surface area (Å²) >= 11 is 0. The van der Waals surface area contributed by atoms with Crippen LogP contribution in [0.5, 0.6) is 0 Å². The number of nitrogens with zero attached hydrogens (tertiary/aromatic N) is 4. The quantitative estimate of drug-likeness (QED) is 0.668. The van der Waals surface area contributed by atoms with Crippen molar-refractivity contribution < 1.29 is 4.79 Å². The molecule has 150 valence electrons. The summed E-state index contributed by atoms with van der Waals surface area (Å²) < 4.78 is 0. The maximum Gasteiger partial charge on any atom is 0.145 e. The van der Waals surface area contributed by atoms with Crippen molar-refractivity contribution >= 4 is 22.5 Å². The maximum absolute atomic E-state index is 12.6. The van der Waals surface area contributed by atoms with E-state index in [1.165, 1.54) is 0 Å². The molecule has 1 aliphatic rings. The Labute approximate surface area is 170 Å². The first-order valence-electron chi connectivity index (χ1n) is 10.2. The summed E-state index contributed by atoms with van der Waals surface area (Å²) in [5, 5.41) is 7.51. The standard InChI is InChI=1S/C22H26N6O/c1-14(2)26-22-13-24-12-19(28-22)16-3-4-17-11-25-21(27-18(17)9-16)10-20(29)15-5-7-23-8-6-15/h3-4,9,11-15,23H,5-8,10H2,1-2H3,(H,26,28). The number of hydrogen-bond donors (Lipinski definition) is 2. The lowest BCUT2D eigenvalue weighted by molar-refractivity contribution is -0.123. The molecule has 0 unspecified atom stereocenters. The number of carbonyl (C=O) groups is 1. The van der Waals surface area contributed by atoms with Crippen LogP contribution in [0, 0.1) is 5.92 Å². The Morgan fingerprint density at radius 1 is 1.17 bits per heavy atom. The lowest BCUT2D eigenvalue weighted by Crippen LogP contribution is -2.32. The van der Waals surface area contributed by atoms with Crippen LogP contribution < -0.4 is 10.6 Å². The summed E-state index contributed by atoms with van der Waals surface area (Å²) in [4.78, 5) is 30.6. The Morgan fingerprint density at radius 2 is 2.00 bits per heavy atom. The van der Waals surface area contributed by atoms with Crippen molar-refractivity contribution in [1.82, 2.24) is 25.3 Å². The number of benzene rings is 1. The predicted molar refractivity (Wildman–Crippen MR) is 114 cm³/mol. The van der Waals surface area contributed by atoms with E-state index in [0.29, 0.717) is 12.2 Å². The van der Waals surface area contributed by atoms with E-state index >= 15 is 0 Å². The largest absolute Gasteiger partial charge is 0.367 e. The Balaban J connectivity index is 1.57. The molecule has 0 atom stereocenters. The van der Waals surface area contributed by atoms with E-state index in [1.807, 2.05) is 18.2 Å². The Bertz CT molecular complexity index is 1010. The first kappa shape index (κ1) is 19.4. The summed E-state index contributed by atoms with van der Waals surface area (Å²) in [6.45, 7) is 5.94. The average molecular weight is 390 g/mol. The van der Waals surface area contributed by atoms with Crippen LogP contribution in [-0.4, -0.2) is 44.9 Å². The fourth-order valence-electron chi connectivity index (χ4n) is 3.62. The number of piperidine rings is 1. The van der Waals surface area contributed by atoms with Gasteiger partial charge in [0, 0.05) is 29.1 Å². The van der Waals surface area contributed by atoms with Crippen molar-refractivity contribution in [2.24, 2.45) is 5.92 Å². The Hall–Kier alpha value is -2.93. The number of fused-ring (bicyclic) bond motifs is 1. The van der Waals surface area contributed by atoms with Crippen LogP contribution in [0.2, 0.25) is 0 Å². The minimum Gasteiger partial charge on any atom is -0.367 e. The van der Waals surface area contributed by atoms with Crippen molar-refractivity contribution in [2.75, 3.05) is 18.4 Å². The third-order valence-electron chi connectivity index (χ3n) is 5.13. The van der Waals surface area contributed by atoms with Gasteiger partial charge in [0.05, 0.1) is 30.0 Å². The van der Waals surface area contributed by atoms with E-state index in [2.05, 4.69) is 44.4 Å². The zero-order chi connectivity index (χ0) is 20.2. The predicted octanol–water partition coefficient (Wildman–Crippen LogP) is 3.02. The van der Waals surface area contributed by atoms with Gasteiger partial charge in [-0.3, -0.25) is 9.78 Å². The highest BCUT2D eigenvalue weighted by atomic mass is 16.1. The Kier molecular flexibility index (Phi) is 5.76. The van der Waals surface area contributed by atoms with Crippen LogP contribution in [0.25, 0.3) is 22.2 Å². The van der Waals surface area contributed by atoms with Gasteiger partial charge in [0.25, 0.3) is 0 Å². The van der Waals surface area contributed by atoms with E-state index in [4.69, 9.17) is 0 Å². The molecule has 0 saturated carbocycles. The second-order valence-electron chi connectivity index (χ2n) is 7.82. The van der Waals surface area contributed by atoms with Gasteiger partial charge in [0.1, 0.15) is 17.4 Å². The molecule has 0 radical (unpaired) electrons. The number of rotatable bonds is 6. The van der Waals surface area contributed by atoms with Gasteiger partial charge in [0.2, 0.25) is 0 Å². The van der Waals surface area contributed by atoms with Gasteiger partial charge >= 0.3 is 0 Å². The van der Waals surface area contributed by atoms with Crippen molar-refractivity contribution in [1.29, 1.82) is 0 Å². The van der Waals surface area contributed by atoms with Gasteiger partial charge in [-0.15, -0.1) is 0 Å². The molecule has 4 rings (SSSR count). The molecule has 0 bridgehead atoms. The summed E-state index contributed by atoms with van der Waals surface area (Å²) in [6.07, 6.45) is 7.34. The van der Waals surface area contributed by atoms with Crippen LogP contribution in [0.1, 0.15) is 32.5 Å². The molecular formula is C22H26N6O. The fraction of sp³-hybridized carbons (Fsp3) is 0.409. The van der Waals surface area contributed by atoms with Gasteiger partial charge in [0.15, 0.2) is 0 Å². The summed E-state index contributed by atoms with van der Waals surface area (Å²) in [5.74, 6) is 1.68. The maximum atomic E-state index is 12.6. The first-order chi connectivity index (χ1) is 14.1. The molecule has 2 aromatic heterocycles. The van der Waals surface area contributed by atoms with E-state index in [0.717, 1.165) is 53.9 Å². The van der Waals surface area contributed by atoms with Gasteiger partial charge in [-0.25, -0.2) is 15.0 Å². The van der Waals surface area contributed by atoms with Crippen molar-refractivity contribution in [2.45, 2.75) is 39.2 Å². The second kappa shape index (κ2) is 8.61. The molecule has 0 aliphatic carbocycles. The summed E-state index contributed by atoms with van der Waals surface area (Å²) in [6, 6.07) is 6.24. The third kappa shape index (κ3) is 4.74. The number of ketones is 1. The SMILES string of the molecule is CC(C)Nc1cncc(-c2ccc3cnc(CC(=O)C4CCNCC4)nc3c2)n1. The summed E-state index contributed by atoms with van der Waals surface area (Å²) in [5.41, 5.74) is 2.53. The van der Waals surface area contributed by atoms with E-state index < -0.39 is 0 Å². The van der Waals surface area contributed by atoms with E-state index in [-0.39, 0.29) is 17.7 Å². The Morgan fingerprint density at radius 3 is 2.79 bits per heavy atom. The van der Waals surface area contributed by atoms with Crippen molar-refractivity contribution in [3.05, 3.63) is 42.6 Å². The van der Waals surface area contributed by atoms with Gasteiger partial charge in [-0.2, -0.15) is 0 Å². The minimum atomic E-state index is 0.119. The lowest BCUT2D eigenvalue weighted by atomic mass is 9.92. The van der Waals surface area contributed by atoms with Gasteiger partial charge in [-0.05, 0) is 45.8 Å². The van der Waals surface area contributed by atoms with Crippen LogP contribution >= 0.6 is 0 Å². The zero-order valence-corrected chi connectivity index (χ0v) is 16.9. The van der Waals surface area contributed by atoms with Crippen molar-refractivity contribution in [3.63, 3.8) is 0 Å². The van der Waals surface area contributed by atoms with Crippen molar-refractivity contribution in [3.8, 4) is 11.3 Å². The number of nitrogens with one attached hydrogen (secondary N) is 2. The molecule has 3 aromatic rings. The first-order valence-corrected chi connectivity index (χ1v) is 10.2. The summed E-state index contributed by atoms with van der Waals surface area (Å²) in [7, 11) is 0. The molecular weight excluding hydrogens is 364 g/mol. The highest BCUT2D eigenvalue weighted by Crippen LogP contribution is 2.23.